The highest BCUT2D eigenvalue weighted by molar-refractivity contribution is 5.71. The Morgan fingerprint density at radius 2 is 0.679 bits per heavy atom. The van der Waals surface area contributed by atoms with Crippen LogP contribution < -0.4 is 0 Å². The van der Waals surface area contributed by atoms with Gasteiger partial charge in [-0.2, -0.15) is 0 Å². The van der Waals surface area contributed by atoms with Crippen molar-refractivity contribution < 1.29 is 28.6 Å². The predicted octanol–water partition coefficient (Wildman–Crippen LogP) is 15.8. The van der Waals surface area contributed by atoms with Gasteiger partial charge in [0.2, 0.25) is 0 Å². The topological polar surface area (TPSA) is 78.9 Å². The molecular weight excluding hydrogens is 697 g/mol. The largest absolute Gasteiger partial charge is 0.462 e. The Kier molecular flexibility index (Phi) is 41.8. The lowest BCUT2D eigenvalue weighted by atomic mass is 9.99. The van der Waals surface area contributed by atoms with Gasteiger partial charge in [0.05, 0.1) is 0 Å². The third-order valence-corrected chi connectivity index (χ3v) is 11.6. The number of ether oxygens (including phenoxy) is 3. The van der Waals surface area contributed by atoms with Crippen molar-refractivity contribution in [3.05, 3.63) is 0 Å². The molecule has 0 N–H and O–H groups in total. The second-order valence-electron chi connectivity index (χ2n) is 17.8. The van der Waals surface area contributed by atoms with Crippen LogP contribution in [0, 0.1) is 11.8 Å². The van der Waals surface area contributed by atoms with Crippen molar-refractivity contribution in [2.75, 3.05) is 13.2 Å². The van der Waals surface area contributed by atoms with Crippen LogP contribution in [0.2, 0.25) is 0 Å². The van der Waals surface area contributed by atoms with Crippen LogP contribution in [0.4, 0.5) is 0 Å². The first-order valence-corrected chi connectivity index (χ1v) is 24.8. The Balaban J connectivity index is 4.30. The second kappa shape index (κ2) is 43.0. The smallest absolute Gasteiger partial charge is 0.306 e. The molecule has 0 rings (SSSR count). The summed E-state index contributed by atoms with van der Waals surface area (Å²) in [6, 6.07) is 0. The minimum absolute atomic E-state index is 0.0650. The lowest BCUT2D eigenvalue weighted by Crippen LogP contribution is -2.30. The van der Waals surface area contributed by atoms with Gasteiger partial charge in [-0.25, -0.2) is 0 Å². The first-order chi connectivity index (χ1) is 27.3. The molecule has 2 atom stereocenters. The first-order valence-electron chi connectivity index (χ1n) is 24.8. The molecule has 6 heteroatoms. The molecule has 0 heterocycles. The van der Waals surface area contributed by atoms with Crippen LogP contribution in [-0.2, 0) is 28.6 Å². The molecule has 0 saturated carbocycles. The molecule has 0 amide bonds. The minimum Gasteiger partial charge on any atom is -0.462 e. The van der Waals surface area contributed by atoms with Gasteiger partial charge in [0.1, 0.15) is 13.2 Å². The van der Waals surface area contributed by atoms with Crippen LogP contribution in [0.15, 0.2) is 0 Å². The lowest BCUT2D eigenvalue weighted by Gasteiger charge is -2.18. The molecule has 56 heavy (non-hydrogen) atoms. The minimum atomic E-state index is -0.761. The fraction of sp³-hybridized carbons (Fsp3) is 0.940. The number of carbonyl (C=O) groups excluding carboxylic acids is 3. The van der Waals surface area contributed by atoms with E-state index in [2.05, 4.69) is 34.6 Å². The summed E-state index contributed by atoms with van der Waals surface area (Å²) in [5, 5.41) is 0. The summed E-state index contributed by atoms with van der Waals surface area (Å²) in [7, 11) is 0. The number of esters is 3. The number of rotatable bonds is 44. The fourth-order valence-corrected chi connectivity index (χ4v) is 7.43. The highest BCUT2D eigenvalue weighted by atomic mass is 16.6. The Bertz CT molecular complexity index is 856. The average molecular weight is 793 g/mol. The number of carbonyl (C=O) groups is 3. The summed E-state index contributed by atoms with van der Waals surface area (Å²) in [4.78, 5) is 37.8. The zero-order chi connectivity index (χ0) is 41.2. The molecule has 0 bridgehead atoms. The van der Waals surface area contributed by atoms with E-state index in [1.807, 2.05) is 0 Å². The highest BCUT2D eigenvalue weighted by Crippen LogP contribution is 2.17. The SMILES string of the molecule is CCCCCCCCCCCCCCCCCC(=O)O[C@H](COC(=O)CCCCCCCCCCCCC(C)CC)COC(=O)CCCCCCCCC(C)C. The summed E-state index contributed by atoms with van der Waals surface area (Å²) in [6.07, 6.45) is 42.3. The summed E-state index contributed by atoms with van der Waals surface area (Å²) >= 11 is 0. The van der Waals surface area contributed by atoms with Crippen LogP contribution in [0.25, 0.3) is 0 Å². The Morgan fingerprint density at radius 1 is 0.375 bits per heavy atom. The van der Waals surface area contributed by atoms with Gasteiger partial charge in [0.15, 0.2) is 6.10 Å². The maximum absolute atomic E-state index is 12.8. The Labute approximate surface area is 348 Å². The van der Waals surface area contributed by atoms with Crippen LogP contribution in [0.1, 0.15) is 272 Å². The third-order valence-electron chi connectivity index (χ3n) is 11.6. The van der Waals surface area contributed by atoms with E-state index in [4.69, 9.17) is 14.2 Å². The molecule has 0 fully saturated rings. The van der Waals surface area contributed by atoms with Gasteiger partial charge in [-0.1, -0.05) is 234 Å². The molecule has 332 valence electrons. The van der Waals surface area contributed by atoms with Gasteiger partial charge in [0.25, 0.3) is 0 Å². The molecule has 0 aliphatic carbocycles. The summed E-state index contributed by atoms with van der Waals surface area (Å²) in [5.74, 6) is 0.777. The lowest BCUT2D eigenvalue weighted by molar-refractivity contribution is -0.167. The monoisotopic (exact) mass is 793 g/mol. The van der Waals surface area contributed by atoms with Crippen molar-refractivity contribution in [3.8, 4) is 0 Å². The second-order valence-corrected chi connectivity index (χ2v) is 17.8. The van der Waals surface area contributed by atoms with E-state index in [1.165, 1.54) is 161 Å². The van der Waals surface area contributed by atoms with Crippen LogP contribution in [-0.4, -0.2) is 37.2 Å². The fourth-order valence-electron chi connectivity index (χ4n) is 7.43. The van der Waals surface area contributed by atoms with E-state index >= 15 is 0 Å². The Hall–Kier alpha value is -1.59. The van der Waals surface area contributed by atoms with Crippen LogP contribution in [0.3, 0.4) is 0 Å². The molecule has 1 unspecified atom stereocenters. The Morgan fingerprint density at radius 3 is 1.02 bits per heavy atom. The molecule has 6 nitrogen and oxygen atoms in total. The molecular formula is C50H96O6. The summed E-state index contributed by atoms with van der Waals surface area (Å²) < 4.78 is 16.8. The van der Waals surface area contributed by atoms with Gasteiger partial charge in [-0.15, -0.1) is 0 Å². The first kappa shape index (κ1) is 54.4. The highest BCUT2D eigenvalue weighted by Gasteiger charge is 2.19. The van der Waals surface area contributed by atoms with Crippen molar-refractivity contribution in [1.29, 1.82) is 0 Å². The van der Waals surface area contributed by atoms with E-state index in [9.17, 15) is 14.4 Å². The molecule has 0 aromatic heterocycles. The molecule has 0 saturated heterocycles. The summed E-state index contributed by atoms with van der Waals surface area (Å²) in [6.45, 7) is 11.3. The maximum Gasteiger partial charge on any atom is 0.306 e. The van der Waals surface area contributed by atoms with Crippen molar-refractivity contribution >= 4 is 17.9 Å². The normalized spacial score (nSPS) is 12.5. The van der Waals surface area contributed by atoms with Gasteiger partial charge < -0.3 is 14.2 Å². The van der Waals surface area contributed by atoms with Crippen LogP contribution in [0.5, 0.6) is 0 Å². The van der Waals surface area contributed by atoms with E-state index in [-0.39, 0.29) is 31.1 Å². The van der Waals surface area contributed by atoms with Crippen molar-refractivity contribution in [1.82, 2.24) is 0 Å². The quantitative estimate of drug-likeness (QED) is 0.0347. The maximum atomic E-state index is 12.8. The van der Waals surface area contributed by atoms with Crippen molar-refractivity contribution in [2.45, 2.75) is 278 Å². The predicted molar refractivity (Wildman–Crippen MR) is 238 cm³/mol. The average Bonchev–Trinajstić information content (AvgIpc) is 3.18. The molecule has 0 radical (unpaired) electrons. The van der Waals surface area contributed by atoms with Gasteiger partial charge in [-0.05, 0) is 31.1 Å². The zero-order valence-electron chi connectivity index (χ0n) is 38.3. The zero-order valence-corrected chi connectivity index (χ0v) is 38.3. The van der Waals surface area contributed by atoms with Gasteiger partial charge >= 0.3 is 17.9 Å². The van der Waals surface area contributed by atoms with Crippen molar-refractivity contribution in [3.63, 3.8) is 0 Å². The van der Waals surface area contributed by atoms with E-state index in [0.717, 1.165) is 69.6 Å². The van der Waals surface area contributed by atoms with Gasteiger partial charge in [-0.3, -0.25) is 14.4 Å². The standard InChI is InChI=1S/C50H96O6/c1-6-8-9-10-11-12-13-14-15-16-17-22-25-32-37-42-50(53)56-47(44-55-49(52)41-36-31-27-26-28-33-38-45(3)4)43-54-48(51)40-35-30-24-21-19-18-20-23-29-34-39-46(5)7-2/h45-47H,6-44H2,1-5H3/t46?,47-/m1/s1. The molecule has 0 aliphatic heterocycles. The third kappa shape index (κ3) is 42.0. The van der Waals surface area contributed by atoms with E-state index in [0.29, 0.717) is 19.3 Å². The van der Waals surface area contributed by atoms with Crippen LogP contribution >= 0.6 is 0 Å². The number of hydrogen-bond acceptors (Lipinski definition) is 6. The van der Waals surface area contributed by atoms with E-state index < -0.39 is 6.10 Å². The number of hydrogen-bond donors (Lipinski definition) is 0. The molecule has 0 aliphatic rings. The van der Waals surface area contributed by atoms with Gasteiger partial charge in [0, 0.05) is 19.3 Å². The molecule has 0 aromatic carbocycles. The van der Waals surface area contributed by atoms with E-state index in [1.54, 1.807) is 0 Å². The summed E-state index contributed by atoms with van der Waals surface area (Å²) in [5.41, 5.74) is 0. The van der Waals surface area contributed by atoms with Crippen molar-refractivity contribution in [2.24, 2.45) is 11.8 Å². The molecule has 0 spiro atoms. The molecule has 0 aromatic rings. The number of unbranched alkanes of at least 4 members (excludes halogenated alkanes) is 28.